The van der Waals surface area contributed by atoms with Crippen LogP contribution in [0.5, 0.6) is 0 Å². The van der Waals surface area contributed by atoms with Gasteiger partial charge in [-0.25, -0.2) is 0 Å². The fourth-order valence-electron chi connectivity index (χ4n) is 2.69. The molecule has 7 nitrogen and oxygen atoms in total. The number of hydrogen-bond acceptors (Lipinski definition) is 5. The van der Waals surface area contributed by atoms with E-state index in [9.17, 15) is 14.9 Å². The number of hydrogen-bond donors (Lipinski definition) is 0. The first-order valence-electron chi connectivity index (χ1n) is 8.86. The lowest BCUT2D eigenvalue weighted by Crippen LogP contribution is -2.19. The van der Waals surface area contributed by atoms with Gasteiger partial charge in [0, 0.05) is 36.4 Å². The summed E-state index contributed by atoms with van der Waals surface area (Å²) < 4.78 is 8.28. The van der Waals surface area contributed by atoms with E-state index in [-0.39, 0.29) is 5.69 Å². The average Bonchev–Trinajstić information content (AvgIpc) is 3.03. The highest BCUT2D eigenvalue weighted by atomic mass is 35.5. The van der Waals surface area contributed by atoms with Crippen molar-refractivity contribution in [3.63, 3.8) is 0 Å². The van der Waals surface area contributed by atoms with E-state index in [1.807, 2.05) is 23.6 Å². The molecule has 2 aromatic carbocycles. The maximum atomic E-state index is 12.4. The van der Waals surface area contributed by atoms with Gasteiger partial charge < -0.3 is 9.30 Å². The van der Waals surface area contributed by atoms with E-state index in [4.69, 9.17) is 16.3 Å². The number of amides is 1. The Hall–Kier alpha value is -2.81. The van der Waals surface area contributed by atoms with Gasteiger partial charge in [0.2, 0.25) is 0 Å². The zero-order chi connectivity index (χ0) is 20.8. The summed E-state index contributed by atoms with van der Waals surface area (Å²) in [6.07, 6.45) is 2.80. The highest BCUT2D eigenvalue weighted by molar-refractivity contribution is 7.16. The van der Waals surface area contributed by atoms with Crippen LogP contribution in [0.2, 0.25) is 5.02 Å². The van der Waals surface area contributed by atoms with Crippen LogP contribution in [0, 0.1) is 10.1 Å². The average molecular weight is 432 g/mol. The molecule has 0 aliphatic rings. The number of ether oxygens (including phenoxy) is 1. The molecule has 0 aliphatic heterocycles. The van der Waals surface area contributed by atoms with Gasteiger partial charge in [-0.2, -0.15) is 4.99 Å². The highest BCUT2D eigenvalue weighted by Gasteiger charge is 2.08. The number of carbonyl (C=O) groups excluding carboxylic acids is 1. The zero-order valence-corrected chi connectivity index (χ0v) is 17.2. The summed E-state index contributed by atoms with van der Waals surface area (Å²) in [5, 5.41) is 11.5. The van der Waals surface area contributed by atoms with Crippen LogP contribution in [0.25, 0.3) is 16.3 Å². The SMILES string of the molecule is CCOCCn1c(=NC(=O)/C=C/c2cccc([N+](=O)[O-])c2)sc2cc(Cl)ccc21. The van der Waals surface area contributed by atoms with Crippen molar-refractivity contribution in [1.82, 2.24) is 4.57 Å². The molecule has 29 heavy (non-hydrogen) atoms. The summed E-state index contributed by atoms with van der Waals surface area (Å²) in [6, 6.07) is 11.6. The molecule has 0 N–H and O–H groups in total. The number of non-ortho nitro benzene ring substituents is 1. The van der Waals surface area contributed by atoms with Crippen molar-refractivity contribution in [1.29, 1.82) is 0 Å². The monoisotopic (exact) mass is 431 g/mol. The summed E-state index contributed by atoms with van der Waals surface area (Å²) in [4.78, 5) is 27.5. The number of nitro benzene ring substituents is 1. The molecule has 150 valence electrons. The van der Waals surface area contributed by atoms with Crippen LogP contribution in [0.3, 0.4) is 0 Å². The van der Waals surface area contributed by atoms with Gasteiger partial charge in [-0.15, -0.1) is 0 Å². The van der Waals surface area contributed by atoms with Crippen molar-refractivity contribution < 1.29 is 14.5 Å². The number of nitrogens with zero attached hydrogens (tertiary/aromatic N) is 3. The quantitative estimate of drug-likeness (QED) is 0.239. The Morgan fingerprint density at radius 2 is 2.17 bits per heavy atom. The summed E-state index contributed by atoms with van der Waals surface area (Å²) in [5.74, 6) is -0.459. The molecule has 1 aromatic heterocycles. The molecule has 0 fully saturated rings. The molecule has 3 rings (SSSR count). The number of benzene rings is 2. The third kappa shape index (κ3) is 5.38. The topological polar surface area (TPSA) is 86.7 Å². The largest absolute Gasteiger partial charge is 0.380 e. The standard InChI is InChI=1S/C20H18ClN3O4S/c1-2-28-11-10-23-17-8-7-15(21)13-18(17)29-20(23)22-19(25)9-6-14-4-3-5-16(12-14)24(26)27/h3-9,12-13H,2,10-11H2,1H3/b9-6+,22-20?. The summed E-state index contributed by atoms with van der Waals surface area (Å²) >= 11 is 7.45. The molecule has 0 bridgehead atoms. The lowest BCUT2D eigenvalue weighted by atomic mass is 10.2. The molecule has 0 radical (unpaired) electrons. The molecule has 0 saturated carbocycles. The third-order valence-corrected chi connectivity index (χ3v) is 5.29. The van der Waals surface area contributed by atoms with Crippen LogP contribution in [-0.2, 0) is 16.1 Å². The van der Waals surface area contributed by atoms with Crippen LogP contribution < -0.4 is 4.80 Å². The molecular weight excluding hydrogens is 414 g/mol. The Labute approximate surface area is 175 Å². The first-order valence-corrected chi connectivity index (χ1v) is 10.0. The first-order chi connectivity index (χ1) is 14.0. The van der Waals surface area contributed by atoms with Gasteiger partial charge in [0.15, 0.2) is 4.80 Å². The molecule has 0 aliphatic carbocycles. The predicted molar refractivity (Wildman–Crippen MR) is 114 cm³/mol. The molecule has 1 amide bonds. The third-order valence-electron chi connectivity index (χ3n) is 4.01. The molecular formula is C20H18ClN3O4S. The van der Waals surface area contributed by atoms with Gasteiger partial charge in [0.05, 0.1) is 21.7 Å². The van der Waals surface area contributed by atoms with E-state index in [2.05, 4.69) is 4.99 Å². The van der Waals surface area contributed by atoms with Crippen LogP contribution in [0.4, 0.5) is 5.69 Å². The molecule has 0 atom stereocenters. The van der Waals surface area contributed by atoms with Crippen molar-refractivity contribution in [2.24, 2.45) is 4.99 Å². The maximum absolute atomic E-state index is 12.4. The van der Waals surface area contributed by atoms with Crippen molar-refractivity contribution in [2.45, 2.75) is 13.5 Å². The summed E-state index contributed by atoms with van der Waals surface area (Å²) in [7, 11) is 0. The minimum Gasteiger partial charge on any atom is -0.380 e. The number of nitro groups is 1. The van der Waals surface area contributed by atoms with Crippen molar-refractivity contribution in [3.05, 3.63) is 74.0 Å². The first kappa shape index (κ1) is 20.9. The van der Waals surface area contributed by atoms with E-state index < -0.39 is 10.8 Å². The molecule has 3 aromatic rings. The molecule has 1 heterocycles. The number of carbonyl (C=O) groups is 1. The Kier molecular flexibility index (Phi) is 6.92. The number of rotatable bonds is 7. The van der Waals surface area contributed by atoms with Crippen LogP contribution in [-0.4, -0.2) is 28.6 Å². The fourth-order valence-corrected chi connectivity index (χ4v) is 4.03. The number of halogens is 1. The fraction of sp³-hybridized carbons (Fsp3) is 0.200. The van der Waals surface area contributed by atoms with Crippen molar-refractivity contribution in [2.75, 3.05) is 13.2 Å². The lowest BCUT2D eigenvalue weighted by molar-refractivity contribution is -0.384. The highest BCUT2D eigenvalue weighted by Crippen LogP contribution is 2.22. The van der Waals surface area contributed by atoms with Gasteiger partial charge >= 0.3 is 0 Å². The maximum Gasteiger partial charge on any atom is 0.272 e. The van der Waals surface area contributed by atoms with Crippen LogP contribution in [0.1, 0.15) is 12.5 Å². The molecule has 0 saturated heterocycles. The van der Waals surface area contributed by atoms with E-state index in [1.54, 1.807) is 18.2 Å². The Balaban J connectivity index is 1.91. The normalized spacial score (nSPS) is 12.1. The summed E-state index contributed by atoms with van der Waals surface area (Å²) in [6.45, 7) is 3.57. The van der Waals surface area contributed by atoms with Gasteiger partial charge in [0.25, 0.3) is 11.6 Å². The van der Waals surface area contributed by atoms with Crippen molar-refractivity contribution in [3.8, 4) is 0 Å². The minimum absolute atomic E-state index is 0.0355. The molecule has 0 spiro atoms. The van der Waals surface area contributed by atoms with Crippen LogP contribution in [0.15, 0.2) is 53.5 Å². The van der Waals surface area contributed by atoms with Gasteiger partial charge in [-0.1, -0.05) is 35.1 Å². The van der Waals surface area contributed by atoms with Crippen molar-refractivity contribution >= 4 is 50.8 Å². The summed E-state index contributed by atoms with van der Waals surface area (Å²) in [5.41, 5.74) is 1.44. The zero-order valence-electron chi connectivity index (χ0n) is 15.6. The Bertz CT molecular complexity index is 1150. The number of thiazole rings is 1. The van der Waals surface area contributed by atoms with E-state index in [1.165, 1.54) is 35.6 Å². The second-order valence-corrected chi connectivity index (χ2v) is 7.43. The van der Waals surface area contributed by atoms with Gasteiger partial charge in [-0.3, -0.25) is 14.9 Å². The van der Waals surface area contributed by atoms with Crippen LogP contribution >= 0.6 is 22.9 Å². The van der Waals surface area contributed by atoms with E-state index >= 15 is 0 Å². The minimum atomic E-state index is -0.479. The lowest BCUT2D eigenvalue weighted by Gasteiger charge is -2.05. The van der Waals surface area contributed by atoms with E-state index in [0.29, 0.717) is 35.1 Å². The Morgan fingerprint density at radius 1 is 1.34 bits per heavy atom. The van der Waals surface area contributed by atoms with Gasteiger partial charge in [-0.05, 0) is 36.8 Å². The van der Waals surface area contributed by atoms with E-state index in [0.717, 1.165) is 10.2 Å². The Morgan fingerprint density at radius 3 is 2.93 bits per heavy atom. The second-order valence-electron chi connectivity index (χ2n) is 5.98. The second kappa shape index (κ2) is 9.60. The number of aromatic nitrogens is 1. The number of fused-ring (bicyclic) bond motifs is 1. The molecule has 9 heteroatoms. The van der Waals surface area contributed by atoms with Gasteiger partial charge in [0.1, 0.15) is 0 Å². The molecule has 0 unspecified atom stereocenters. The predicted octanol–water partition coefficient (Wildman–Crippen LogP) is 4.44. The smallest absolute Gasteiger partial charge is 0.272 e.